The fourth-order valence-corrected chi connectivity index (χ4v) is 1.60. The summed E-state index contributed by atoms with van der Waals surface area (Å²) in [7, 11) is 0. The van der Waals surface area contributed by atoms with E-state index in [4.69, 9.17) is 0 Å². The average molecular weight is 236 g/mol. The number of alkyl halides is 3. The third-order valence-corrected chi connectivity index (χ3v) is 2.61. The second-order valence-electron chi connectivity index (χ2n) is 2.88. The van der Waals surface area contributed by atoms with E-state index >= 15 is 0 Å². The number of aryl methyl sites for hydroxylation is 1. The highest BCUT2D eigenvalue weighted by molar-refractivity contribution is 7.98. The summed E-state index contributed by atoms with van der Waals surface area (Å²) in [5, 5.41) is 0. The van der Waals surface area contributed by atoms with Gasteiger partial charge >= 0.3 is 6.36 Å². The monoisotopic (exact) mass is 236 g/mol. The first-order valence-electron chi connectivity index (χ1n) is 4.39. The molecule has 0 N–H and O–H groups in total. The summed E-state index contributed by atoms with van der Waals surface area (Å²) in [6, 6.07) is 4.86. The Morgan fingerprint density at radius 1 is 1.33 bits per heavy atom. The van der Waals surface area contributed by atoms with Crippen LogP contribution in [0.1, 0.15) is 12.5 Å². The van der Waals surface area contributed by atoms with E-state index in [9.17, 15) is 13.2 Å². The first kappa shape index (κ1) is 12.2. The molecule has 5 heteroatoms. The molecule has 0 heterocycles. The molecule has 0 aliphatic rings. The topological polar surface area (TPSA) is 9.23 Å². The van der Waals surface area contributed by atoms with E-state index in [1.165, 1.54) is 17.8 Å². The van der Waals surface area contributed by atoms with E-state index in [2.05, 4.69) is 4.74 Å². The molecule has 0 saturated heterocycles. The molecule has 0 aliphatic heterocycles. The molecule has 0 bridgehead atoms. The normalized spacial score (nSPS) is 11.5. The van der Waals surface area contributed by atoms with Crippen molar-refractivity contribution in [3.8, 4) is 5.75 Å². The zero-order chi connectivity index (χ0) is 11.5. The van der Waals surface area contributed by atoms with E-state index in [1.54, 1.807) is 25.3 Å². The highest BCUT2D eigenvalue weighted by Gasteiger charge is 2.31. The number of benzene rings is 1. The number of rotatable bonds is 3. The highest BCUT2D eigenvalue weighted by atomic mass is 32.2. The Kier molecular flexibility index (Phi) is 3.90. The average Bonchev–Trinajstić information content (AvgIpc) is 2.15. The molecule has 0 unspecified atom stereocenters. The van der Waals surface area contributed by atoms with Gasteiger partial charge < -0.3 is 4.74 Å². The lowest BCUT2D eigenvalue weighted by Gasteiger charge is -2.13. The maximum atomic E-state index is 12.1. The maximum Gasteiger partial charge on any atom is 0.573 e. The molecule has 0 fully saturated rings. The van der Waals surface area contributed by atoms with Gasteiger partial charge in [0, 0.05) is 4.90 Å². The fraction of sp³-hybridized carbons (Fsp3) is 0.400. The molecule has 84 valence electrons. The lowest BCUT2D eigenvalue weighted by molar-refractivity contribution is -0.275. The minimum absolute atomic E-state index is 0.100. The number of hydrogen-bond donors (Lipinski definition) is 0. The summed E-state index contributed by atoms with van der Waals surface area (Å²) in [6.45, 7) is 1.79. The van der Waals surface area contributed by atoms with Gasteiger partial charge in [-0.3, -0.25) is 0 Å². The summed E-state index contributed by atoms with van der Waals surface area (Å²) >= 11 is 1.38. The van der Waals surface area contributed by atoms with Crippen LogP contribution < -0.4 is 4.74 Å². The molecule has 0 saturated carbocycles. The fourth-order valence-electron chi connectivity index (χ4n) is 1.17. The quantitative estimate of drug-likeness (QED) is 0.737. The van der Waals surface area contributed by atoms with Crippen LogP contribution in [0.5, 0.6) is 5.75 Å². The first-order valence-corrected chi connectivity index (χ1v) is 5.61. The summed E-state index contributed by atoms with van der Waals surface area (Å²) in [6.07, 6.45) is -2.31. The van der Waals surface area contributed by atoms with Crippen molar-refractivity contribution in [3.63, 3.8) is 0 Å². The second-order valence-corrected chi connectivity index (χ2v) is 3.75. The van der Waals surface area contributed by atoms with Crippen LogP contribution in [0.3, 0.4) is 0 Å². The van der Waals surface area contributed by atoms with E-state index in [0.29, 0.717) is 12.0 Å². The maximum absolute atomic E-state index is 12.1. The molecule has 0 atom stereocenters. The number of hydrogen-bond acceptors (Lipinski definition) is 2. The summed E-state index contributed by atoms with van der Waals surface area (Å²) in [5.41, 5.74) is 0.560. The van der Waals surface area contributed by atoms with Crippen LogP contribution in [-0.2, 0) is 6.42 Å². The molecule has 0 aliphatic carbocycles. The van der Waals surface area contributed by atoms with Crippen molar-refractivity contribution in [2.75, 3.05) is 6.26 Å². The second kappa shape index (κ2) is 4.79. The van der Waals surface area contributed by atoms with Gasteiger partial charge in [0.15, 0.2) is 0 Å². The molecule has 15 heavy (non-hydrogen) atoms. The van der Waals surface area contributed by atoms with Crippen LogP contribution in [0.2, 0.25) is 0 Å². The van der Waals surface area contributed by atoms with Crippen LogP contribution in [0.25, 0.3) is 0 Å². The van der Waals surface area contributed by atoms with Crippen LogP contribution in [-0.4, -0.2) is 12.6 Å². The molecule has 1 rings (SSSR count). The third-order valence-electron chi connectivity index (χ3n) is 1.88. The van der Waals surface area contributed by atoms with Crippen LogP contribution in [0.15, 0.2) is 23.1 Å². The molecule has 1 nitrogen and oxygen atoms in total. The Hall–Kier alpha value is -0.840. The SMILES string of the molecule is CCc1ccc(SC)cc1OC(F)(F)F. The van der Waals surface area contributed by atoms with E-state index in [0.717, 1.165) is 4.90 Å². The van der Waals surface area contributed by atoms with Gasteiger partial charge in [0.05, 0.1) is 0 Å². The number of halogens is 3. The van der Waals surface area contributed by atoms with Crippen molar-refractivity contribution in [1.82, 2.24) is 0 Å². The molecule has 1 aromatic carbocycles. The molecular formula is C10H11F3OS. The van der Waals surface area contributed by atoms with Crippen LogP contribution in [0, 0.1) is 0 Å². The molecule has 0 aromatic heterocycles. The zero-order valence-electron chi connectivity index (χ0n) is 8.39. The Morgan fingerprint density at radius 2 is 2.00 bits per heavy atom. The van der Waals surface area contributed by atoms with Crippen molar-refractivity contribution in [3.05, 3.63) is 23.8 Å². The van der Waals surface area contributed by atoms with Gasteiger partial charge in [0.1, 0.15) is 5.75 Å². The lowest BCUT2D eigenvalue weighted by atomic mass is 10.1. The largest absolute Gasteiger partial charge is 0.573 e. The van der Waals surface area contributed by atoms with Gasteiger partial charge in [-0.15, -0.1) is 24.9 Å². The van der Waals surface area contributed by atoms with Crippen LogP contribution in [0.4, 0.5) is 13.2 Å². The van der Waals surface area contributed by atoms with Crippen molar-refractivity contribution in [1.29, 1.82) is 0 Å². The Bertz CT molecular complexity index is 336. The number of ether oxygens (including phenoxy) is 1. The first-order chi connectivity index (χ1) is 6.96. The third kappa shape index (κ3) is 3.66. The minimum Gasteiger partial charge on any atom is -0.405 e. The predicted molar refractivity (Wildman–Crippen MR) is 54.3 cm³/mol. The van der Waals surface area contributed by atoms with Crippen molar-refractivity contribution < 1.29 is 17.9 Å². The lowest BCUT2D eigenvalue weighted by Crippen LogP contribution is -2.18. The highest BCUT2D eigenvalue weighted by Crippen LogP contribution is 2.30. The minimum atomic E-state index is -4.62. The molecule has 1 aromatic rings. The smallest absolute Gasteiger partial charge is 0.405 e. The molecular weight excluding hydrogens is 225 g/mol. The summed E-state index contributed by atoms with van der Waals surface area (Å²) < 4.78 is 40.1. The Balaban J connectivity index is 3.01. The number of thioether (sulfide) groups is 1. The van der Waals surface area contributed by atoms with Gasteiger partial charge in [0.25, 0.3) is 0 Å². The standard InChI is InChI=1S/C10H11F3OS/c1-3-7-4-5-8(15-2)6-9(7)14-10(11,12)13/h4-6H,3H2,1-2H3. The summed E-state index contributed by atoms with van der Waals surface area (Å²) in [5.74, 6) is -0.100. The van der Waals surface area contributed by atoms with Crippen molar-refractivity contribution in [2.24, 2.45) is 0 Å². The summed E-state index contributed by atoms with van der Waals surface area (Å²) in [4.78, 5) is 0.756. The van der Waals surface area contributed by atoms with E-state index in [1.807, 2.05) is 0 Å². The van der Waals surface area contributed by atoms with Crippen molar-refractivity contribution in [2.45, 2.75) is 24.6 Å². The Morgan fingerprint density at radius 3 is 2.47 bits per heavy atom. The van der Waals surface area contributed by atoms with Gasteiger partial charge in [-0.05, 0) is 30.4 Å². The van der Waals surface area contributed by atoms with Gasteiger partial charge in [0.2, 0.25) is 0 Å². The molecule has 0 radical (unpaired) electrons. The van der Waals surface area contributed by atoms with Gasteiger partial charge in [-0.25, -0.2) is 0 Å². The Labute approximate surface area is 90.6 Å². The predicted octanol–water partition coefficient (Wildman–Crippen LogP) is 3.87. The van der Waals surface area contributed by atoms with E-state index in [-0.39, 0.29) is 5.75 Å². The molecule has 0 spiro atoms. The van der Waals surface area contributed by atoms with Crippen molar-refractivity contribution >= 4 is 11.8 Å². The van der Waals surface area contributed by atoms with Gasteiger partial charge in [-0.1, -0.05) is 13.0 Å². The zero-order valence-corrected chi connectivity index (χ0v) is 9.21. The van der Waals surface area contributed by atoms with Gasteiger partial charge in [-0.2, -0.15) is 0 Å². The van der Waals surface area contributed by atoms with Crippen LogP contribution >= 0.6 is 11.8 Å². The molecule has 0 amide bonds. The van der Waals surface area contributed by atoms with E-state index < -0.39 is 6.36 Å².